The molecule has 1 aromatic carbocycles. The molecule has 0 saturated heterocycles. The Morgan fingerprint density at radius 2 is 1.94 bits per heavy atom. The first-order valence-electron chi connectivity index (χ1n) is 5.73. The third-order valence-corrected chi connectivity index (χ3v) is 3.52. The second-order valence-corrected chi connectivity index (χ2v) is 4.63. The Bertz CT molecular complexity index is 450. The van der Waals surface area contributed by atoms with Crippen LogP contribution in [0, 0.1) is 28.4 Å². The number of halogens is 2. The maximum Gasteiger partial charge on any atom is 0.150 e. The van der Waals surface area contributed by atoms with E-state index in [1.54, 1.807) is 6.07 Å². The molecule has 0 spiro atoms. The van der Waals surface area contributed by atoms with E-state index in [9.17, 15) is 8.78 Å². The molecule has 0 radical (unpaired) electrons. The third-order valence-electron chi connectivity index (χ3n) is 3.52. The molecule has 1 fully saturated rings. The molecule has 0 heterocycles. The van der Waals surface area contributed by atoms with E-state index in [0.717, 1.165) is 31.4 Å². The number of hydrogen-bond donors (Lipinski definition) is 1. The first kappa shape index (κ1) is 11.8. The zero-order valence-corrected chi connectivity index (χ0v) is 9.69. The van der Waals surface area contributed by atoms with Crippen molar-refractivity contribution in [2.24, 2.45) is 5.41 Å². The molecule has 0 unspecified atom stereocenters. The Balaban J connectivity index is 2.14. The van der Waals surface area contributed by atoms with Crippen LogP contribution in [0.2, 0.25) is 0 Å². The van der Waals surface area contributed by atoms with Crippen molar-refractivity contribution in [3.63, 3.8) is 0 Å². The van der Waals surface area contributed by atoms with Crippen LogP contribution in [-0.2, 0) is 0 Å². The van der Waals surface area contributed by atoms with E-state index in [4.69, 9.17) is 5.26 Å². The Kier molecular flexibility index (Phi) is 3.01. The predicted molar refractivity (Wildman–Crippen MR) is 61.5 cm³/mol. The van der Waals surface area contributed by atoms with Gasteiger partial charge in [0.1, 0.15) is 5.69 Å². The SMILES string of the molecule is CCC1(CNc2c(F)cc(C#N)cc2F)CC1. The van der Waals surface area contributed by atoms with E-state index < -0.39 is 11.6 Å². The van der Waals surface area contributed by atoms with Crippen molar-refractivity contribution in [3.8, 4) is 6.07 Å². The van der Waals surface area contributed by atoms with Crippen LogP contribution >= 0.6 is 0 Å². The lowest BCUT2D eigenvalue weighted by Crippen LogP contribution is -2.16. The molecular weight excluding hydrogens is 222 g/mol. The van der Waals surface area contributed by atoms with Crippen LogP contribution in [0.1, 0.15) is 31.7 Å². The normalized spacial score (nSPS) is 16.4. The Labute approximate surface area is 99.3 Å². The summed E-state index contributed by atoms with van der Waals surface area (Å²) >= 11 is 0. The highest BCUT2D eigenvalue weighted by molar-refractivity contribution is 5.50. The molecule has 90 valence electrons. The van der Waals surface area contributed by atoms with Crippen LogP contribution in [0.5, 0.6) is 0 Å². The van der Waals surface area contributed by atoms with Gasteiger partial charge >= 0.3 is 0 Å². The van der Waals surface area contributed by atoms with Crippen molar-refractivity contribution in [2.45, 2.75) is 26.2 Å². The van der Waals surface area contributed by atoms with E-state index in [2.05, 4.69) is 12.2 Å². The van der Waals surface area contributed by atoms with E-state index in [-0.39, 0.29) is 16.7 Å². The van der Waals surface area contributed by atoms with Crippen LogP contribution in [-0.4, -0.2) is 6.54 Å². The average Bonchev–Trinajstić information content (AvgIpc) is 3.08. The van der Waals surface area contributed by atoms with Crippen LogP contribution < -0.4 is 5.32 Å². The third kappa shape index (κ3) is 2.38. The Morgan fingerprint density at radius 3 is 2.35 bits per heavy atom. The summed E-state index contributed by atoms with van der Waals surface area (Å²) in [6, 6.07) is 3.83. The number of nitrogens with one attached hydrogen (secondary N) is 1. The minimum atomic E-state index is -0.701. The second kappa shape index (κ2) is 4.33. The predicted octanol–water partition coefficient (Wildman–Crippen LogP) is 3.44. The quantitative estimate of drug-likeness (QED) is 0.869. The summed E-state index contributed by atoms with van der Waals surface area (Å²) in [5.41, 5.74) is 0.0955. The van der Waals surface area contributed by atoms with Crippen molar-refractivity contribution < 1.29 is 8.78 Å². The number of rotatable bonds is 4. The van der Waals surface area contributed by atoms with Gasteiger partial charge in [0.05, 0.1) is 11.6 Å². The Hall–Kier alpha value is -1.63. The lowest BCUT2D eigenvalue weighted by Gasteiger charge is -2.15. The standard InChI is InChI=1S/C13H14F2N2/c1-2-13(3-4-13)8-17-12-10(14)5-9(7-16)6-11(12)15/h5-6,17H,2-4,8H2,1H3. The van der Waals surface area contributed by atoms with Crippen molar-refractivity contribution in [2.75, 3.05) is 11.9 Å². The smallest absolute Gasteiger partial charge is 0.150 e. The highest BCUT2D eigenvalue weighted by atomic mass is 19.1. The largest absolute Gasteiger partial charge is 0.380 e. The summed E-state index contributed by atoms with van der Waals surface area (Å²) in [5.74, 6) is -1.40. The molecule has 0 aromatic heterocycles. The Morgan fingerprint density at radius 1 is 1.35 bits per heavy atom. The van der Waals surface area contributed by atoms with Gasteiger partial charge in [-0.2, -0.15) is 5.26 Å². The maximum absolute atomic E-state index is 13.5. The van der Waals surface area contributed by atoms with Gasteiger partial charge in [-0.25, -0.2) is 8.78 Å². The number of anilines is 1. The van der Waals surface area contributed by atoms with Crippen molar-refractivity contribution in [3.05, 3.63) is 29.3 Å². The van der Waals surface area contributed by atoms with Crippen LogP contribution in [0.25, 0.3) is 0 Å². The molecule has 2 nitrogen and oxygen atoms in total. The molecule has 1 aliphatic rings. The number of hydrogen-bond acceptors (Lipinski definition) is 2. The van der Waals surface area contributed by atoms with Crippen molar-refractivity contribution in [1.29, 1.82) is 5.26 Å². The zero-order chi connectivity index (χ0) is 12.5. The first-order chi connectivity index (χ1) is 8.10. The number of benzene rings is 1. The van der Waals surface area contributed by atoms with E-state index in [1.807, 2.05) is 0 Å². The minimum Gasteiger partial charge on any atom is -0.380 e. The van der Waals surface area contributed by atoms with Crippen molar-refractivity contribution in [1.82, 2.24) is 0 Å². The minimum absolute atomic E-state index is 0.00202. The number of nitrogens with zero attached hydrogens (tertiary/aromatic N) is 1. The van der Waals surface area contributed by atoms with Gasteiger partial charge < -0.3 is 5.32 Å². The summed E-state index contributed by atoms with van der Waals surface area (Å²) in [5, 5.41) is 11.4. The van der Waals surface area contributed by atoms with E-state index in [0.29, 0.717) is 6.54 Å². The molecular formula is C13H14F2N2. The van der Waals surface area contributed by atoms with Gasteiger partial charge in [0.15, 0.2) is 11.6 Å². The van der Waals surface area contributed by atoms with E-state index in [1.165, 1.54) is 0 Å². The monoisotopic (exact) mass is 236 g/mol. The molecule has 1 aliphatic carbocycles. The second-order valence-electron chi connectivity index (χ2n) is 4.63. The lowest BCUT2D eigenvalue weighted by atomic mass is 10.0. The van der Waals surface area contributed by atoms with Crippen LogP contribution in [0.15, 0.2) is 12.1 Å². The summed E-state index contributed by atoms with van der Waals surface area (Å²) in [6.07, 6.45) is 3.23. The molecule has 0 amide bonds. The van der Waals surface area contributed by atoms with Gasteiger partial charge in [0, 0.05) is 6.54 Å². The van der Waals surface area contributed by atoms with Gasteiger partial charge in [-0.3, -0.25) is 0 Å². The van der Waals surface area contributed by atoms with E-state index >= 15 is 0 Å². The summed E-state index contributed by atoms with van der Waals surface area (Å²) in [4.78, 5) is 0. The fourth-order valence-electron chi connectivity index (χ4n) is 1.91. The summed E-state index contributed by atoms with van der Waals surface area (Å²) in [7, 11) is 0. The molecule has 2 rings (SSSR count). The number of nitriles is 1. The molecule has 0 aliphatic heterocycles. The summed E-state index contributed by atoms with van der Waals surface area (Å²) in [6.45, 7) is 2.67. The topological polar surface area (TPSA) is 35.8 Å². The zero-order valence-electron chi connectivity index (χ0n) is 9.69. The van der Waals surface area contributed by atoms with Crippen LogP contribution in [0.4, 0.5) is 14.5 Å². The average molecular weight is 236 g/mol. The maximum atomic E-state index is 13.5. The summed E-state index contributed by atoms with van der Waals surface area (Å²) < 4.78 is 27.1. The molecule has 4 heteroatoms. The highest BCUT2D eigenvalue weighted by Gasteiger charge is 2.40. The fraction of sp³-hybridized carbons (Fsp3) is 0.462. The molecule has 0 atom stereocenters. The van der Waals surface area contributed by atoms with Gasteiger partial charge in [0.25, 0.3) is 0 Å². The van der Waals surface area contributed by atoms with Gasteiger partial charge in [-0.15, -0.1) is 0 Å². The molecule has 17 heavy (non-hydrogen) atoms. The fourth-order valence-corrected chi connectivity index (χ4v) is 1.91. The lowest BCUT2D eigenvalue weighted by molar-refractivity contribution is 0.514. The van der Waals surface area contributed by atoms with Crippen LogP contribution in [0.3, 0.4) is 0 Å². The molecule has 0 bridgehead atoms. The van der Waals surface area contributed by atoms with Crippen molar-refractivity contribution >= 4 is 5.69 Å². The molecule has 1 saturated carbocycles. The van der Waals surface area contributed by atoms with Gasteiger partial charge in [-0.05, 0) is 36.8 Å². The van der Waals surface area contributed by atoms with Gasteiger partial charge in [-0.1, -0.05) is 6.92 Å². The molecule has 1 N–H and O–H groups in total. The first-order valence-corrected chi connectivity index (χ1v) is 5.73. The van der Waals surface area contributed by atoms with Gasteiger partial charge in [0.2, 0.25) is 0 Å². The molecule has 1 aromatic rings. The highest BCUT2D eigenvalue weighted by Crippen LogP contribution is 2.48.